The van der Waals surface area contributed by atoms with Crippen molar-refractivity contribution in [1.82, 2.24) is 10.2 Å². The molecule has 1 fully saturated rings. The average Bonchev–Trinajstić information content (AvgIpc) is 2.74. The van der Waals surface area contributed by atoms with Gasteiger partial charge in [-0.1, -0.05) is 19.8 Å². The quantitative estimate of drug-likeness (QED) is 0.701. The van der Waals surface area contributed by atoms with Crippen LogP contribution in [-0.2, 0) is 0 Å². The molecule has 0 bridgehead atoms. The van der Waals surface area contributed by atoms with Gasteiger partial charge in [0.25, 0.3) is 0 Å². The van der Waals surface area contributed by atoms with E-state index >= 15 is 0 Å². The van der Waals surface area contributed by atoms with Crippen molar-refractivity contribution in [1.29, 1.82) is 5.26 Å². The van der Waals surface area contributed by atoms with Crippen LogP contribution in [-0.4, -0.2) is 37.1 Å². The lowest BCUT2D eigenvalue weighted by atomic mass is 10.00. The van der Waals surface area contributed by atoms with Crippen molar-refractivity contribution in [3.05, 3.63) is 0 Å². The van der Waals surface area contributed by atoms with Crippen LogP contribution in [0.5, 0.6) is 0 Å². The largest absolute Gasteiger partial charge is 0.303 e. The number of unbranched alkanes of at least 4 members (excludes halogenated alkanes) is 2. The van der Waals surface area contributed by atoms with Gasteiger partial charge in [0.1, 0.15) is 5.54 Å². The van der Waals surface area contributed by atoms with Gasteiger partial charge in [-0.15, -0.1) is 0 Å². The second-order valence-corrected chi connectivity index (χ2v) is 5.03. The third kappa shape index (κ3) is 3.20. The van der Waals surface area contributed by atoms with Crippen LogP contribution < -0.4 is 5.32 Å². The van der Waals surface area contributed by atoms with Crippen LogP contribution in [0.25, 0.3) is 0 Å². The van der Waals surface area contributed by atoms with Gasteiger partial charge in [0.05, 0.1) is 6.07 Å². The molecule has 2 atom stereocenters. The van der Waals surface area contributed by atoms with Crippen LogP contribution in [0.3, 0.4) is 0 Å². The summed E-state index contributed by atoms with van der Waals surface area (Å²) >= 11 is 0. The first-order valence-corrected chi connectivity index (χ1v) is 6.48. The topological polar surface area (TPSA) is 39.1 Å². The Hall–Kier alpha value is -0.590. The van der Waals surface area contributed by atoms with Crippen LogP contribution in [0.4, 0.5) is 0 Å². The fourth-order valence-electron chi connectivity index (χ4n) is 2.57. The molecule has 1 rings (SSSR count). The highest BCUT2D eigenvalue weighted by atomic mass is 15.1. The van der Waals surface area contributed by atoms with Gasteiger partial charge in [-0.25, -0.2) is 0 Å². The zero-order valence-corrected chi connectivity index (χ0v) is 10.9. The van der Waals surface area contributed by atoms with Crippen molar-refractivity contribution in [2.75, 3.05) is 20.6 Å². The maximum Gasteiger partial charge on any atom is 0.108 e. The Morgan fingerprint density at radius 2 is 2.25 bits per heavy atom. The van der Waals surface area contributed by atoms with Crippen LogP contribution in [0.15, 0.2) is 0 Å². The molecule has 3 nitrogen and oxygen atoms in total. The Bertz CT molecular complexity index is 246. The molecule has 92 valence electrons. The van der Waals surface area contributed by atoms with E-state index in [1.807, 2.05) is 7.05 Å². The molecular weight excluding hydrogens is 198 g/mol. The predicted molar refractivity (Wildman–Crippen MR) is 67.2 cm³/mol. The number of hydrogen-bond acceptors (Lipinski definition) is 3. The molecule has 0 aromatic rings. The molecule has 1 N–H and O–H groups in total. The van der Waals surface area contributed by atoms with E-state index in [0.717, 1.165) is 19.3 Å². The van der Waals surface area contributed by atoms with Crippen LogP contribution in [0, 0.1) is 11.3 Å². The second-order valence-electron chi connectivity index (χ2n) is 5.03. The third-order valence-corrected chi connectivity index (χ3v) is 3.92. The monoisotopic (exact) mass is 223 g/mol. The molecule has 1 aliphatic carbocycles. The molecule has 0 aromatic heterocycles. The summed E-state index contributed by atoms with van der Waals surface area (Å²) in [6.45, 7) is 3.40. The molecule has 1 aliphatic rings. The Morgan fingerprint density at radius 3 is 2.75 bits per heavy atom. The standard InChI is InChI=1S/C13H25N3/c1-4-5-6-9-16(3)12-7-8-13(10-12,11-14)15-2/h12,15H,4-10H2,1-3H3. The molecule has 0 radical (unpaired) electrons. The summed E-state index contributed by atoms with van der Waals surface area (Å²) in [7, 11) is 4.10. The molecule has 1 saturated carbocycles. The van der Waals surface area contributed by atoms with Crippen molar-refractivity contribution in [2.24, 2.45) is 0 Å². The van der Waals surface area contributed by atoms with Crippen LogP contribution >= 0.6 is 0 Å². The van der Waals surface area contributed by atoms with Gasteiger partial charge in [0.2, 0.25) is 0 Å². The lowest BCUT2D eigenvalue weighted by Crippen LogP contribution is -2.41. The molecule has 0 saturated heterocycles. The highest BCUT2D eigenvalue weighted by Crippen LogP contribution is 2.31. The number of hydrogen-bond donors (Lipinski definition) is 1. The second kappa shape index (κ2) is 6.22. The molecule has 0 amide bonds. The molecule has 2 unspecified atom stereocenters. The lowest BCUT2D eigenvalue weighted by molar-refractivity contribution is 0.233. The zero-order chi connectivity index (χ0) is 12.0. The Labute approximate surface area is 99.8 Å². The van der Waals surface area contributed by atoms with E-state index in [9.17, 15) is 5.26 Å². The average molecular weight is 223 g/mol. The zero-order valence-electron chi connectivity index (χ0n) is 10.9. The van der Waals surface area contributed by atoms with Gasteiger partial charge in [-0.3, -0.25) is 0 Å². The lowest BCUT2D eigenvalue weighted by Gasteiger charge is -2.26. The van der Waals surface area contributed by atoms with Gasteiger partial charge in [-0.05, 0) is 46.3 Å². The van der Waals surface area contributed by atoms with E-state index in [1.54, 1.807) is 0 Å². The van der Waals surface area contributed by atoms with E-state index in [0.29, 0.717) is 6.04 Å². The van der Waals surface area contributed by atoms with E-state index in [1.165, 1.54) is 25.8 Å². The number of nitrogens with zero attached hydrogens (tertiary/aromatic N) is 2. The Morgan fingerprint density at radius 1 is 1.50 bits per heavy atom. The Balaban J connectivity index is 2.37. The summed E-state index contributed by atoms with van der Waals surface area (Å²) < 4.78 is 0. The van der Waals surface area contributed by atoms with Crippen molar-refractivity contribution < 1.29 is 0 Å². The van der Waals surface area contributed by atoms with Crippen LogP contribution in [0.2, 0.25) is 0 Å². The normalized spacial score (nSPS) is 29.6. The molecular formula is C13H25N3. The summed E-state index contributed by atoms with van der Waals surface area (Å²) in [6.07, 6.45) is 6.98. The molecule has 3 heteroatoms. The van der Waals surface area contributed by atoms with E-state index in [2.05, 4.69) is 30.3 Å². The van der Waals surface area contributed by atoms with Crippen molar-refractivity contribution >= 4 is 0 Å². The maximum absolute atomic E-state index is 9.20. The Kier molecular flexibility index (Phi) is 5.24. The summed E-state index contributed by atoms with van der Waals surface area (Å²) in [5.41, 5.74) is -0.260. The maximum atomic E-state index is 9.20. The predicted octanol–water partition coefficient (Wildman–Crippen LogP) is 2.14. The van der Waals surface area contributed by atoms with Crippen molar-refractivity contribution in [2.45, 2.75) is 57.0 Å². The van der Waals surface area contributed by atoms with Crippen molar-refractivity contribution in [3.63, 3.8) is 0 Å². The van der Waals surface area contributed by atoms with E-state index in [4.69, 9.17) is 0 Å². The summed E-state index contributed by atoms with van der Waals surface area (Å²) in [5.74, 6) is 0. The summed E-state index contributed by atoms with van der Waals surface area (Å²) in [6, 6.07) is 3.03. The van der Waals surface area contributed by atoms with E-state index < -0.39 is 0 Å². The minimum atomic E-state index is -0.260. The minimum Gasteiger partial charge on any atom is -0.303 e. The van der Waals surface area contributed by atoms with Gasteiger partial charge < -0.3 is 10.2 Å². The number of rotatable bonds is 6. The molecule has 16 heavy (non-hydrogen) atoms. The first-order valence-electron chi connectivity index (χ1n) is 6.48. The van der Waals surface area contributed by atoms with Gasteiger partial charge >= 0.3 is 0 Å². The number of nitrogens with one attached hydrogen (secondary N) is 1. The van der Waals surface area contributed by atoms with Crippen molar-refractivity contribution in [3.8, 4) is 6.07 Å². The first kappa shape index (κ1) is 13.5. The first-order chi connectivity index (χ1) is 7.67. The van der Waals surface area contributed by atoms with E-state index in [-0.39, 0.29) is 5.54 Å². The summed E-state index contributed by atoms with van der Waals surface area (Å²) in [5, 5.41) is 12.4. The minimum absolute atomic E-state index is 0.260. The smallest absolute Gasteiger partial charge is 0.108 e. The SMILES string of the molecule is CCCCCN(C)C1CCC(C#N)(NC)C1. The fraction of sp³-hybridized carbons (Fsp3) is 0.923. The summed E-state index contributed by atoms with van der Waals surface area (Å²) in [4.78, 5) is 2.44. The molecule has 0 spiro atoms. The molecule has 0 aliphatic heterocycles. The molecule has 0 heterocycles. The van der Waals surface area contributed by atoms with Gasteiger partial charge in [0.15, 0.2) is 0 Å². The van der Waals surface area contributed by atoms with Gasteiger partial charge in [0, 0.05) is 6.04 Å². The van der Waals surface area contributed by atoms with Crippen LogP contribution in [0.1, 0.15) is 45.4 Å². The highest BCUT2D eigenvalue weighted by molar-refractivity contribution is 5.12. The number of nitriles is 1. The molecule has 0 aromatic carbocycles. The van der Waals surface area contributed by atoms with Gasteiger partial charge in [-0.2, -0.15) is 5.26 Å². The third-order valence-electron chi connectivity index (χ3n) is 3.92. The highest BCUT2D eigenvalue weighted by Gasteiger charge is 2.39. The fourth-order valence-corrected chi connectivity index (χ4v) is 2.57.